The summed E-state index contributed by atoms with van der Waals surface area (Å²) in [4.78, 5) is 10.8. The lowest BCUT2D eigenvalue weighted by Crippen LogP contribution is -1.98. The Kier molecular flexibility index (Phi) is 6.10. The summed E-state index contributed by atoms with van der Waals surface area (Å²) < 4.78 is 5.76. The van der Waals surface area contributed by atoms with Gasteiger partial charge in [0.05, 0.1) is 10.0 Å². The van der Waals surface area contributed by atoms with Gasteiger partial charge in [0, 0.05) is 11.1 Å². The number of halogens is 4. The molecule has 0 unspecified atom stereocenters. The molecule has 0 saturated carbocycles. The zero-order chi connectivity index (χ0) is 18.7. The molecule has 0 aliphatic rings. The standard InChI is InChI=1S/C20H12Cl4O2/c21-16-15(14-8-6-12(10-25)7-9-14)17(22)19(24)20(18(16)23)26-11-13-4-2-1-3-5-13/h1-10H,11H2. The predicted molar refractivity (Wildman–Crippen MR) is 108 cm³/mol. The van der Waals surface area contributed by atoms with Crippen LogP contribution in [0.5, 0.6) is 5.75 Å². The highest BCUT2D eigenvalue weighted by Gasteiger charge is 2.22. The molecule has 0 radical (unpaired) electrons. The van der Waals surface area contributed by atoms with Gasteiger partial charge in [-0.25, -0.2) is 0 Å². The van der Waals surface area contributed by atoms with Crippen molar-refractivity contribution in [1.82, 2.24) is 0 Å². The fourth-order valence-electron chi connectivity index (χ4n) is 2.45. The first kappa shape index (κ1) is 19.1. The van der Waals surface area contributed by atoms with E-state index in [2.05, 4.69) is 0 Å². The maximum atomic E-state index is 10.8. The minimum Gasteiger partial charge on any atom is -0.486 e. The van der Waals surface area contributed by atoms with Crippen LogP contribution in [0.3, 0.4) is 0 Å². The number of hydrogen-bond donors (Lipinski definition) is 0. The normalized spacial score (nSPS) is 10.6. The van der Waals surface area contributed by atoms with E-state index in [1.807, 2.05) is 30.3 Å². The Morgan fingerprint density at radius 2 is 1.35 bits per heavy atom. The van der Waals surface area contributed by atoms with Gasteiger partial charge in [-0.3, -0.25) is 4.79 Å². The second-order valence-electron chi connectivity index (χ2n) is 5.47. The van der Waals surface area contributed by atoms with Crippen molar-refractivity contribution >= 4 is 52.7 Å². The summed E-state index contributed by atoms with van der Waals surface area (Å²) in [6.45, 7) is 0.278. The minimum absolute atomic E-state index is 0.187. The molecule has 6 heteroatoms. The number of ether oxygens (including phenoxy) is 1. The van der Waals surface area contributed by atoms with Gasteiger partial charge in [0.25, 0.3) is 0 Å². The first-order valence-corrected chi connectivity index (χ1v) is 9.12. The van der Waals surface area contributed by atoms with Gasteiger partial charge in [-0.05, 0) is 11.1 Å². The third-order valence-corrected chi connectivity index (χ3v) is 5.46. The molecule has 0 aliphatic heterocycles. The molecule has 0 N–H and O–H groups in total. The van der Waals surface area contributed by atoms with Crippen LogP contribution in [0.1, 0.15) is 15.9 Å². The van der Waals surface area contributed by atoms with Gasteiger partial charge in [-0.2, -0.15) is 0 Å². The Labute approximate surface area is 171 Å². The highest BCUT2D eigenvalue weighted by Crippen LogP contribution is 2.50. The molecule has 3 aromatic rings. The number of benzene rings is 3. The largest absolute Gasteiger partial charge is 0.486 e. The quantitative estimate of drug-likeness (QED) is 0.315. The molecule has 2 nitrogen and oxygen atoms in total. The van der Waals surface area contributed by atoms with Crippen molar-refractivity contribution in [3.05, 3.63) is 85.8 Å². The zero-order valence-electron chi connectivity index (χ0n) is 13.3. The Morgan fingerprint density at radius 1 is 0.769 bits per heavy atom. The van der Waals surface area contributed by atoms with Gasteiger partial charge < -0.3 is 4.74 Å². The van der Waals surface area contributed by atoms with Gasteiger partial charge in [-0.1, -0.05) is 101 Å². The van der Waals surface area contributed by atoms with Crippen molar-refractivity contribution < 1.29 is 9.53 Å². The van der Waals surface area contributed by atoms with Crippen LogP contribution in [0.4, 0.5) is 0 Å². The lowest BCUT2D eigenvalue weighted by molar-refractivity contribution is 0.112. The number of carbonyl (C=O) groups excluding carboxylic acids is 1. The molecule has 3 rings (SSSR count). The van der Waals surface area contributed by atoms with Crippen molar-refractivity contribution in [3.8, 4) is 16.9 Å². The summed E-state index contributed by atoms with van der Waals surface area (Å²) in [6.07, 6.45) is 0.757. The van der Waals surface area contributed by atoms with E-state index in [0.717, 1.165) is 11.8 Å². The topological polar surface area (TPSA) is 26.3 Å². The van der Waals surface area contributed by atoms with Crippen LogP contribution in [-0.2, 0) is 6.61 Å². The third kappa shape index (κ3) is 3.84. The molecule has 0 aromatic heterocycles. The SMILES string of the molecule is O=Cc1ccc(-c2c(Cl)c(Cl)c(OCc3ccccc3)c(Cl)c2Cl)cc1. The predicted octanol–water partition coefficient (Wildman–Crippen LogP) is 7.36. The first-order chi connectivity index (χ1) is 12.5. The van der Waals surface area contributed by atoms with Crippen molar-refractivity contribution in [2.45, 2.75) is 6.61 Å². The second kappa shape index (κ2) is 8.32. The zero-order valence-corrected chi connectivity index (χ0v) is 16.3. The molecule has 132 valence electrons. The molecule has 0 fully saturated rings. The first-order valence-electron chi connectivity index (χ1n) is 7.61. The smallest absolute Gasteiger partial charge is 0.160 e. The molecule has 0 spiro atoms. The monoisotopic (exact) mass is 424 g/mol. The Balaban J connectivity index is 2.00. The summed E-state index contributed by atoms with van der Waals surface area (Å²) in [5.41, 5.74) is 2.69. The van der Waals surface area contributed by atoms with Gasteiger partial charge in [0.15, 0.2) is 5.75 Å². The average Bonchev–Trinajstić information content (AvgIpc) is 2.68. The Morgan fingerprint density at radius 3 is 1.88 bits per heavy atom. The van der Waals surface area contributed by atoms with Gasteiger partial charge in [0.1, 0.15) is 22.9 Å². The van der Waals surface area contributed by atoms with Crippen LogP contribution in [0.2, 0.25) is 20.1 Å². The molecule has 0 saturated heterocycles. The summed E-state index contributed by atoms with van der Waals surface area (Å²) >= 11 is 25.7. The summed E-state index contributed by atoms with van der Waals surface area (Å²) in [7, 11) is 0. The number of carbonyl (C=O) groups is 1. The maximum Gasteiger partial charge on any atom is 0.160 e. The van der Waals surface area contributed by atoms with E-state index < -0.39 is 0 Å². The number of aldehydes is 1. The molecule has 0 amide bonds. The molecule has 3 aromatic carbocycles. The van der Waals surface area contributed by atoms with Crippen LogP contribution in [0, 0.1) is 0 Å². The molecular weight excluding hydrogens is 414 g/mol. The van der Waals surface area contributed by atoms with Crippen molar-refractivity contribution in [2.24, 2.45) is 0 Å². The van der Waals surface area contributed by atoms with E-state index in [0.29, 0.717) is 16.7 Å². The highest BCUT2D eigenvalue weighted by atomic mass is 35.5. The van der Waals surface area contributed by atoms with E-state index in [1.165, 1.54) is 0 Å². The second-order valence-corrected chi connectivity index (χ2v) is 6.99. The van der Waals surface area contributed by atoms with Crippen LogP contribution < -0.4 is 4.74 Å². The minimum atomic E-state index is 0.187. The number of hydrogen-bond acceptors (Lipinski definition) is 2. The lowest BCUT2D eigenvalue weighted by Gasteiger charge is -2.16. The van der Waals surface area contributed by atoms with Crippen molar-refractivity contribution in [3.63, 3.8) is 0 Å². The Hall–Kier alpha value is -1.71. The van der Waals surface area contributed by atoms with Crippen LogP contribution in [0.15, 0.2) is 54.6 Å². The lowest BCUT2D eigenvalue weighted by atomic mass is 10.0. The van der Waals surface area contributed by atoms with Crippen LogP contribution in [0.25, 0.3) is 11.1 Å². The van der Waals surface area contributed by atoms with Gasteiger partial charge >= 0.3 is 0 Å². The fourth-order valence-corrected chi connectivity index (χ4v) is 3.61. The third-order valence-electron chi connectivity index (χ3n) is 3.78. The summed E-state index contributed by atoms with van der Waals surface area (Å²) in [5, 5.41) is 0.851. The van der Waals surface area contributed by atoms with Crippen LogP contribution >= 0.6 is 46.4 Å². The molecule has 0 atom stereocenters. The summed E-state index contributed by atoms with van der Waals surface area (Å²) in [5.74, 6) is 0.237. The summed E-state index contributed by atoms with van der Waals surface area (Å²) in [6, 6.07) is 16.4. The molecule has 26 heavy (non-hydrogen) atoms. The van der Waals surface area contributed by atoms with E-state index >= 15 is 0 Å². The number of rotatable bonds is 5. The fraction of sp³-hybridized carbons (Fsp3) is 0.0500. The Bertz CT molecular complexity index is 909. The van der Waals surface area contributed by atoms with E-state index in [-0.39, 0.29) is 32.4 Å². The van der Waals surface area contributed by atoms with E-state index in [4.69, 9.17) is 51.1 Å². The van der Waals surface area contributed by atoms with Crippen LogP contribution in [-0.4, -0.2) is 6.29 Å². The average molecular weight is 426 g/mol. The van der Waals surface area contributed by atoms with Gasteiger partial charge in [0.2, 0.25) is 0 Å². The van der Waals surface area contributed by atoms with Crippen molar-refractivity contribution in [1.29, 1.82) is 0 Å². The van der Waals surface area contributed by atoms with Crippen molar-refractivity contribution in [2.75, 3.05) is 0 Å². The van der Waals surface area contributed by atoms with E-state index in [1.54, 1.807) is 24.3 Å². The maximum absolute atomic E-state index is 10.8. The molecule has 0 bridgehead atoms. The molecule has 0 aliphatic carbocycles. The molecular formula is C20H12Cl4O2. The molecule has 0 heterocycles. The van der Waals surface area contributed by atoms with Gasteiger partial charge in [-0.15, -0.1) is 0 Å². The van der Waals surface area contributed by atoms with E-state index in [9.17, 15) is 4.79 Å². The highest BCUT2D eigenvalue weighted by molar-refractivity contribution is 6.51.